The largest absolute Gasteiger partial charge is 0.379 e. The van der Waals surface area contributed by atoms with Gasteiger partial charge in [-0.05, 0) is 19.3 Å². The molecule has 0 saturated heterocycles. The fourth-order valence-corrected chi connectivity index (χ4v) is 1.78. The Morgan fingerprint density at radius 3 is 3.00 bits per heavy atom. The monoisotopic (exact) mass is 186 g/mol. The molecule has 0 aliphatic heterocycles. The number of amides is 1. The third-order valence-corrected chi connectivity index (χ3v) is 2.47. The molecule has 0 radical (unpaired) electrons. The van der Waals surface area contributed by atoms with Crippen molar-refractivity contribution in [2.45, 2.75) is 37.8 Å². The zero-order valence-electron chi connectivity index (χ0n) is 8.08. The molecule has 0 aromatic heterocycles. The van der Waals surface area contributed by atoms with Crippen molar-refractivity contribution >= 4 is 5.91 Å². The summed E-state index contributed by atoms with van der Waals surface area (Å²) in [5.74, 6) is 0.0384. The second-order valence-electron chi connectivity index (χ2n) is 3.42. The molecule has 1 saturated carbocycles. The summed E-state index contributed by atoms with van der Waals surface area (Å²) in [7, 11) is 1.69. The molecule has 1 aliphatic carbocycles. The van der Waals surface area contributed by atoms with Gasteiger partial charge in [0.2, 0.25) is 5.91 Å². The zero-order valence-corrected chi connectivity index (χ0v) is 8.08. The van der Waals surface area contributed by atoms with Crippen molar-refractivity contribution in [2.24, 2.45) is 5.73 Å². The number of hydrogen-bond donors (Lipinski definition) is 2. The van der Waals surface area contributed by atoms with Crippen molar-refractivity contribution in [3.05, 3.63) is 0 Å². The molecule has 76 valence electrons. The Labute approximate surface area is 78.8 Å². The number of hydrogen-bond acceptors (Lipinski definition) is 3. The average molecular weight is 186 g/mol. The minimum atomic E-state index is 0.0384. The van der Waals surface area contributed by atoms with Gasteiger partial charge in [0.25, 0.3) is 0 Å². The first-order chi connectivity index (χ1) is 6.27. The first kappa shape index (κ1) is 10.5. The maximum absolute atomic E-state index is 11.2. The van der Waals surface area contributed by atoms with Crippen molar-refractivity contribution in [2.75, 3.05) is 13.7 Å². The van der Waals surface area contributed by atoms with E-state index in [1.54, 1.807) is 7.11 Å². The Morgan fingerprint density at radius 1 is 1.62 bits per heavy atom. The van der Waals surface area contributed by atoms with Gasteiger partial charge in [0.15, 0.2) is 0 Å². The first-order valence-corrected chi connectivity index (χ1v) is 4.80. The first-order valence-electron chi connectivity index (χ1n) is 4.80. The van der Waals surface area contributed by atoms with Crippen LogP contribution in [0.25, 0.3) is 0 Å². The van der Waals surface area contributed by atoms with Crippen LogP contribution in [0.4, 0.5) is 0 Å². The molecule has 0 spiro atoms. The van der Waals surface area contributed by atoms with E-state index in [1.165, 1.54) is 0 Å². The molecular formula is C9H18N2O2. The Bertz CT molecular complexity index is 173. The molecule has 1 amide bonds. The summed E-state index contributed by atoms with van der Waals surface area (Å²) in [6.07, 6.45) is 3.81. The molecular weight excluding hydrogens is 168 g/mol. The van der Waals surface area contributed by atoms with Gasteiger partial charge < -0.3 is 15.8 Å². The van der Waals surface area contributed by atoms with Gasteiger partial charge in [-0.3, -0.25) is 4.79 Å². The normalized spacial score (nSPS) is 27.5. The fourth-order valence-electron chi connectivity index (χ4n) is 1.78. The Kier molecular flexibility index (Phi) is 4.18. The number of rotatable bonds is 4. The van der Waals surface area contributed by atoms with Gasteiger partial charge in [-0.1, -0.05) is 0 Å². The highest BCUT2D eigenvalue weighted by molar-refractivity contribution is 5.76. The Balaban J connectivity index is 2.30. The fraction of sp³-hybridized carbons (Fsp3) is 0.889. The second kappa shape index (κ2) is 5.19. The number of nitrogens with one attached hydrogen (secondary N) is 1. The van der Waals surface area contributed by atoms with Gasteiger partial charge in [0.1, 0.15) is 0 Å². The van der Waals surface area contributed by atoms with Crippen LogP contribution in [0, 0.1) is 0 Å². The van der Waals surface area contributed by atoms with E-state index in [0.29, 0.717) is 13.0 Å². The number of ether oxygens (including phenoxy) is 1. The molecule has 0 aromatic rings. The highest BCUT2D eigenvalue weighted by Crippen LogP contribution is 2.21. The standard InChI is InChI=1S/C9H18N2O2/c1-13-8-4-2-3-7(8)11-9(12)5-6-10/h7-8H,2-6,10H2,1H3,(H,11,12). The minimum Gasteiger partial charge on any atom is -0.379 e. The van der Waals surface area contributed by atoms with Crippen LogP contribution >= 0.6 is 0 Å². The van der Waals surface area contributed by atoms with Gasteiger partial charge in [-0.15, -0.1) is 0 Å². The van der Waals surface area contributed by atoms with Crippen LogP contribution in [-0.2, 0) is 9.53 Å². The summed E-state index contributed by atoms with van der Waals surface area (Å²) >= 11 is 0. The summed E-state index contributed by atoms with van der Waals surface area (Å²) in [6.45, 7) is 0.413. The topological polar surface area (TPSA) is 64.3 Å². The molecule has 1 rings (SSSR count). The highest BCUT2D eigenvalue weighted by atomic mass is 16.5. The number of carbonyl (C=O) groups excluding carboxylic acids is 1. The van der Waals surface area contributed by atoms with E-state index in [4.69, 9.17) is 10.5 Å². The highest BCUT2D eigenvalue weighted by Gasteiger charge is 2.27. The quantitative estimate of drug-likeness (QED) is 0.650. The van der Waals surface area contributed by atoms with Crippen molar-refractivity contribution < 1.29 is 9.53 Å². The van der Waals surface area contributed by atoms with E-state index in [2.05, 4.69) is 5.32 Å². The third kappa shape index (κ3) is 2.97. The minimum absolute atomic E-state index is 0.0384. The molecule has 2 atom stereocenters. The smallest absolute Gasteiger partial charge is 0.221 e. The lowest BCUT2D eigenvalue weighted by Gasteiger charge is -2.19. The van der Waals surface area contributed by atoms with Crippen LogP contribution in [0.5, 0.6) is 0 Å². The molecule has 1 fully saturated rings. The van der Waals surface area contributed by atoms with Crippen LogP contribution in [0.15, 0.2) is 0 Å². The summed E-state index contributed by atoms with van der Waals surface area (Å²) in [5.41, 5.74) is 5.28. The molecule has 0 bridgehead atoms. The lowest BCUT2D eigenvalue weighted by molar-refractivity contribution is -0.122. The van der Waals surface area contributed by atoms with E-state index in [9.17, 15) is 4.79 Å². The van der Waals surface area contributed by atoms with Crippen LogP contribution < -0.4 is 11.1 Å². The van der Waals surface area contributed by atoms with Crippen LogP contribution in [-0.4, -0.2) is 31.7 Å². The SMILES string of the molecule is COC1CCCC1NC(=O)CCN. The Hall–Kier alpha value is -0.610. The summed E-state index contributed by atoms with van der Waals surface area (Å²) in [5, 5.41) is 2.94. The van der Waals surface area contributed by atoms with Crippen LogP contribution in [0.1, 0.15) is 25.7 Å². The van der Waals surface area contributed by atoms with E-state index < -0.39 is 0 Å². The van der Waals surface area contributed by atoms with Crippen molar-refractivity contribution in [3.8, 4) is 0 Å². The van der Waals surface area contributed by atoms with Crippen LogP contribution in [0.3, 0.4) is 0 Å². The average Bonchev–Trinajstić information content (AvgIpc) is 2.52. The van der Waals surface area contributed by atoms with Gasteiger partial charge in [0.05, 0.1) is 12.1 Å². The molecule has 0 aromatic carbocycles. The lowest BCUT2D eigenvalue weighted by atomic mass is 10.2. The maximum atomic E-state index is 11.2. The van der Waals surface area contributed by atoms with E-state index in [0.717, 1.165) is 19.3 Å². The van der Waals surface area contributed by atoms with Gasteiger partial charge in [-0.2, -0.15) is 0 Å². The Morgan fingerprint density at radius 2 is 2.38 bits per heavy atom. The van der Waals surface area contributed by atoms with Gasteiger partial charge >= 0.3 is 0 Å². The van der Waals surface area contributed by atoms with E-state index in [1.807, 2.05) is 0 Å². The maximum Gasteiger partial charge on any atom is 0.221 e. The molecule has 1 aliphatic rings. The zero-order chi connectivity index (χ0) is 9.68. The molecule has 13 heavy (non-hydrogen) atoms. The number of nitrogens with two attached hydrogens (primary N) is 1. The van der Waals surface area contributed by atoms with E-state index >= 15 is 0 Å². The van der Waals surface area contributed by atoms with Crippen LogP contribution in [0.2, 0.25) is 0 Å². The summed E-state index contributed by atoms with van der Waals surface area (Å²) in [6, 6.07) is 0.198. The number of methoxy groups -OCH3 is 1. The third-order valence-electron chi connectivity index (χ3n) is 2.47. The molecule has 0 heterocycles. The molecule has 2 unspecified atom stereocenters. The molecule has 4 heteroatoms. The summed E-state index contributed by atoms with van der Waals surface area (Å²) in [4.78, 5) is 11.2. The predicted octanol–water partition coefficient (Wildman–Crippen LogP) is 0.0189. The summed E-state index contributed by atoms with van der Waals surface area (Å²) < 4.78 is 5.26. The van der Waals surface area contributed by atoms with Crippen molar-refractivity contribution in [3.63, 3.8) is 0 Å². The van der Waals surface area contributed by atoms with Gasteiger partial charge in [0, 0.05) is 20.1 Å². The number of carbonyl (C=O) groups is 1. The van der Waals surface area contributed by atoms with Crippen molar-refractivity contribution in [1.29, 1.82) is 0 Å². The second-order valence-corrected chi connectivity index (χ2v) is 3.42. The van der Waals surface area contributed by atoms with Crippen molar-refractivity contribution in [1.82, 2.24) is 5.32 Å². The van der Waals surface area contributed by atoms with Gasteiger partial charge in [-0.25, -0.2) is 0 Å². The molecule has 4 nitrogen and oxygen atoms in total. The lowest BCUT2D eigenvalue weighted by Crippen LogP contribution is -2.41. The predicted molar refractivity (Wildman–Crippen MR) is 50.3 cm³/mol. The van der Waals surface area contributed by atoms with E-state index in [-0.39, 0.29) is 18.1 Å². The molecule has 3 N–H and O–H groups in total.